The van der Waals surface area contributed by atoms with Crippen molar-refractivity contribution in [2.75, 3.05) is 32.2 Å². The number of ether oxygens (including phenoxy) is 3. The van der Waals surface area contributed by atoms with E-state index in [2.05, 4.69) is 15.6 Å². The molecule has 0 aromatic carbocycles. The first kappa shape index (κ1) is 16.5. The van der Waals surface area contributed by atoms with E-state index >= 15 is 0 Å². The summed E-state index contributed by atoms with van der Waals surface area (Å²) in [5, 5.41) is 5.64. The number of nitrogens with one attached hydrogen (secondary N) is 2. The van der Waals surface area contributed by atoms with E-state index in [1.165, 1.54) is 0 Å². The summed E-state index contributed by atoms with van der Waals surface area (Å²) in [4.78, 5) is 16.2. The molecule has 7 nitrogen and oxygen atoms in total. The van der Waals surface area contributed by atoms with Crippen LogP contribution in [0.25, 0.3) is 0 Å². The number of anilines is 1. The molecule has 2 amide bonds. The molecule has 1 saturated heterocycles. The van der Waals surface area contributed by atoms with Crippen molar-refractivity contribution in [3.05, 3.63) is 18.3 Å². The van der Waals surface area contributed by atoms with Gasteiger partial charge in [-0.15, -0.1) is 0 Å². The van der Waals surface area contributed by atoms with Gasteiger partial charge >= 0.3 is 6.03 Å². The van der Waals surface area contributed by atoms with Gasteiger partial charge in [0.1, 0.15) is 12.3 Å². The van der Waals surface area contributed by atoms with Crippen LogP contribution in [0, 0.1) is 0 Å². The molecule has 1 aromatic rings. The van der Waals surface area contributed by atoms with E-state index in [-0.39, 0.29) is 18.2 Å². The van der Waals surface area contributed by atoms with Gasteiger partial charge < -0.3 is 24.8 Å². The zero-order chi connectivity index (χ0) is 15.8. The van der Waals surface area contributed by atoms with Crippen LogP contribution in [0.2, 0.25) is 0 Å². The largest absolute Gasteiger partial charge is 0.474 e. The number of rotatable bonds is 7. The molecule has 2 rings (SSSR count). The molecule has 1 fully saturated rings. The summed E-state index contributed by atoms with van der Waals surface area (Å²) >= 11 is 0. The van der Waals surface area contributed by atoms with Crippen molar-refractivity contribution in [1.82, 2.24) is 10.3 Å². The lowest BCUT2D eigenvalue weighted by molar-refractivity contribution is 0.0868. The number of hydrogen-bond donors (Lipinski definition) is 2. The second-order valence-electron chi connectivity index (χ2n) is 5.14. The van der Waals surface area contributed by atoms with Crippen LogP contribution >= 0.6 is 0 Å². The SMILES string of the molecule is COCCOc1ncccc1NC(=O)N[C@@H](C)[C@H]1CCCO1. The van der Waals surface area contributed by atoms with Gasteiger partial charge in [-0.2, -0.15) is 0 Å². The van der Waals surface area contributed by atoms with Crippen molar-refractivity contribution in [3.8, 4) is 5.88 Å². The van der Waals surface area contributed by atoms with Crippen LogP contribution < -0.4 is 15.4 Å². The van der Waals surface area contributed by atoms with E-state index in [0.29, 0.717) is 24.8 Å². The van der Waals surface area contributed by atoms with Gasteiger partial charge in [0.05, 0.1) is 18.8 Å². The number of carbonyl (C=O) groups excluding carboxylic acids is 1. The van der Waals surface area contributed by atoms with Gasteiger partial charge in [0.25, 0.3) is 0 Å². The summed E-state index contributed by atoms with van der Waals surface area (Å²) < 4.78 is 16.0. The van der Waals surface area contributed by atoms with Crippen molar-refractivity contribution >= 4 is 11.7 Å². The van der Waals surface area contributed by atoms with Crippen LogP contribution in [0.1, 0.15) is 19.8 Å². The Morgan fingerprint density at radius 1 is 1.55 bits per heavy atom. The van der Waals surface area contributed by atoms with E-state index in [1.54, 1.807) is 25.4 Å². The van der Waals surface area contributed by atoms with Crippen molar-refractivity contribution < 1.29 is 19.0 Å². The molecule has 2 heterocycles. The molecule has 22 heavy (non-hydrogen) atoms. The Morgan fingerprint density at radius 2 is 2.41 bits per heavy atom. The normalized spacial score (nSPS) is 18.7. The quantitative estimate of drug-likeness (QED) is 0.751. The van der Waals surface area contributed by atoms with E-state index in [1.807, 2.05) is 6.92 Å². The summed E-state index contributed by atoms with van der Waals surface area (Å²) in [6.45, 7) is 3.53. The van der Waals surface area contributed by atoms with Crippen molar-refractivity contribution in [1.29, 1.82) is 0 Å². The fourth-order valence-corrected chi connectivity index (χ4v) is 2.28. The summed E-state index contributed by atoms with van der Waals surface area (Å²) in [6.07, 6.45) is 3.70. The van der Waals surface area contributed by atoms with E-state index in [0.717, 1.165) is 19.4 Å². The fraction of sp³-hybridized carbons (Fsp3) is 0.600. The second kappa shape index (κ2) is 8.55. The maximum atomic E-state index is 12.1. The number of methoxy groups -OCH3 is 1. The zero-order valence-electron chi connectivity index (χ0n) is 13.0. The molecule has 0 bridgehead atoms. The first-order valence-electron chi connectivity index (χ1n) is 7.46. The van der Waals surface area contributed by atoms with E-state index in [4.69, 9.17) is 14.2 Å². The molecule has 2 atom stereocenters. The molecule has 2 N–H and O–H groups in total. The molecule has 1 aliphatic rings. The van der Waals surface area contributed by atoms with Gasteiger partial charge in [0.2, 0.25) is 5.88 Å². The van der Waals surface area contributed by atoms with Crippen LogP contribution in [-0.4, -0.2) is 50.1 Å². The number of nitrogens with zero attached hydrogens (tertiary/aromatic N) is 1. The maximum absolute atomic E-state index is 12.1. The van der Waals surface area contributed by atoms with Gasteiger partial charge in [-0.1, -0.05) is 0 Å². The van der Waals surface area contributed by atoms with Crippen LogP contribution in [0.5, 0.6) is 5.88 Å². The first-order valence-corrected chi connectivity index (χ1v) is 7.46. The number of carbonyl (C=O) groups is 1. The topological polar surface area (TPSA) is 81.7 Å². The number of amides is 2. The Balaban J connectivity index is 1.87. The molecule has 1 aliphatic heterocycles. The van der Waals surface area contributed by atoms with Crippen LogP contribution in [0.3, 0.4) is 0 Å². The highest BCUT2D eigenvalue weighted by atomic mass is 16.5. The smallest absolute Gasteiger partial charge is 0.319 e. The minimum absolute atomic E-state index is 0.0444. The third-order valence-electron chi connectivity index (χ3n) is 3.43. The van der Waals surface area contributed by atoms with Crippen LogP contribution in [0.15, 0.2) is 18.3 Å². The predicted molar refractivity (Wildman–Crippen MR) is 82.2 cm³/mol. The minimum Gasteiger partial charge on any atom is -0.474 e. The minimum atomic E-state index is -0.299. The molecule has 7 heteroatoms. The number of pyridine rings is 1. The van der Waals surface area contributed by atoms with Crippen LogP contribution in [0.4, 0.5) is 10.5 Å². The lowest BCUT2D eigenvalue weighted by Crippen LogP contribution is -2.43. The van der Waals surface area contributed by atoms with Crippen molar-refractivity contribution in [3.63, 3.8) is 0 Å². The molecule has 0 unspecified atom stereocenters. The van der Waals surface area contributed by atoms with E-state index in [9.17, 15) is 4.79 Å². The predicted octanol–water partition coefficient (Wildman–Crippen LogP) is 1.80. The average Bonchev–Trinajstić information content (AvgIpc) is 3.03. The monoisotopic (exact) mass is 309 g/mol. The van der Waals surface area contributed by atoms with Crippen molar-refractivity contribution in [2.24, 2.45) is 0 Å². The molecule has 1 aromatic heterocycles. The number of aromatic nitrogens is 1. The Hall–Kier alpha value is -1.86. The van der Waals surface area contributed by atoms with E-state index < -0.39 is 0 Å². The summed E-state index contributed by atoms with van der Waals surface area (Å²) in [5.74, 6) is 0.375. The highest BCUT2D eigenvalue weighted by molar-refractivity contribution is 5.90. The maximum Gasteiger partial charge on any atom is 0.319 e. The average molecular weight is 309 g/mol. The Labute approximate surface area is 130 Å². The molecule has 0 aliphatic carbocycles. The highest BCUT2D eigenvalue weighted by Crippen LogP contribution is 2.20. The Bertz CT molecular complexity index is 478. The molecule has 0 radical (unpaired) electrons. The Morgan fingerprint density at radius 3 is 3.14 bits per heavy atom. The van der Waals surface area contributed by atoms with Gasteiger partial charge in [-0.05, 0) is 31.9 Å². The van der Waals surface area contributed by atoms with Gasteiger partial charge in [-0.3, -0.25) is 0 Å². The molecular weight excluding hydrogens is 286 g/mol. The molecule has 0 saturated carbocycles. The Kier molecular flexibility index (Phi) is 6.42. The number of hydrogen-bond acceptors (Lipinski definition) is 5. The van der Waals surface area contributed by atoms with Gasteiger partial charge in [0, 0.05) is 19.9 Å². The summed E-state index contributed by atoms with van der Waals surface area (Å²) in [5.41, 5.74) is 0.524. The van der Waals surface area contributed by atoms with Crippen LogP contribution in [-0.2, 0) is 9.47 Å². The zero-order valence-corrected chi connectivity index (χ0v) is 13.0. The van der Waals surface area contributed by atoms with Gasteiger partial charge in [-0.25, -0.2) is 9.78 Å². The van der Waals surface area contributed by atoms with Crippen molar-refractivity contribution in [2.45, 2.75) is 31.9 Å². The summed E-state index contributed by atoms with van der Waals surface area (Å²) in [7, 11) is 1.60. The standard InChI is InChI=1S/C15H23N3O4/c1-11(13-6-4-8-21-13)17-15(19)18-12-5-3-7-16-14(12)22-10-9-20-2/h3,5,7,11,13H,4,6,8-10H2,1-2H3,(H2,17,18,19)/t11-,13+/m0/s1. The third kappa shape index (κ3) is 4.85. The fourth-order valence-electron chi connectivity index (χ4n) is 2.28. The lowest BCUT2D eigenvalue weighted by atomic mass is 10.1. The summed E-state index contributed by atoms with van der Waals surface area (Å²) in [6, 6.07) is 3.14. The van der Waals surface area contributed by atoms with Gasteiger partial charge in [0.15, 0.2) is 0 Å². The molecule has 122 valence electrons. The first-order chi connectivity index (χ1) is 10.7. The molecular formula is C15H23N3O4. The second-order valence-corrected chi connectivity index (χ2v) is 5.14. The lowest BCUT2D eigenvalue weighted by Gasteiger charge is -2.20. The highest BCUT2D eigenvalue weighted by Gasteiger charge is 2.23. The molecule has 0 spiro atoms. The third-order valence-corrected chi connectivity index (χ3v) is 3.43. The number of urea groups is 1.